The molecule has 4 rings (SSSR count). The van der Waals surface area contributed by atoms with Crippen LogP contribution in [0.5, 0.6) is 0 Å². The lowest BCUT2D eigenvalue weighted by Crippen LogP contribution is -2.64. The largest absolute Gasteiger partial charge is 0.311 e. The molecule has 0 aromatic carbocycles. The fourth-order valence-corrected chi connectivity index (χ4v) is 7.29. The highest BCUT2D eigenvalue weighted by molar-refractivity contribution is 7.85. The molecule has 3 atom stereocenters. The van der Waals surface area contributed by atoms with E-state index in [1.807, 2.05) is 6.92 Å². The van der Waals surface area contributed by atoms with Crippen molar-refractivity contribution >= 4 is 10.1 Å². The van der Waals surface area contributed by atoms with Crippen molar-refractivity contribution in [3.63, 3.8) is 0 Å². The van der Waals surface area contributed by atoms with Crippen molar-refractivity contribution in [3.05, 3.63) is 0 Å². The van der Waals surface area contributed by atoms with E-state index < -0.39 is 10.1 Å². The first-order valence-electron chi connectivity index (χ1n) is 8.21. The Hall–Kier alpha value is -0.130. The van der Waals surface area contributed by atoms with Gasteiger partial charge in [-0.2, -0.15) is 8.42 Å². The molecule has 0 saturated heterocycles. The summed E-state index contributed by atoms with van der Waals surface area (Å²) in [5.41, 5.74) is 1.14. The predicted octanol–water partition coefficient (Wildman–Crippen LogP) is 2.85. The second-order valence-corrected chi connectivity index (χ2v) is 10.6. The molecule has 122 valence electrons. The van der Waals surface area contributed by atoms with Gasteiger partial charge in [-0.25, -0.2) is 0 Å². The van der Waals surface area contributed by atoms with E-state index >= 15 is 0 Å². The minimum Gasteiger partial charge on any atom is -0.311 e. The van der Waals surface area contributed by atoms with E-state index in [2.05, 4.69) is 19.2 Å². The summed E-state index contributed by atoms with van der Waals surface area (Å²) in [4.78, 5) is 0. The zero-order valence-corrected chi connectivity index (χ0v) is 14.3. The van der Waals surface area contributed by atoms with Crippen molar-refractivity contribution in [3.8, 4) is 0 Å². The molecule has 0 heterocycles. The molecule has 4 fully saturated rings. The lowest BCUT2D eigenvalue weighted by atomic mass is 9.43. The van der Waals surface area contributed by atoms with Gasteiger partial charge in [0.25, 0.3) is 10.1 Å². The summed E-state index contributed by atoms with van der Waals surface area (Å²) in [5, 5.41) is 3.72. The van der Waals surface area contributed by atoms with Crippen molar-refractivity contribution < 1.29 is 13.0 Å². The van der Waals surface area contributed by atoms with Gasteiger partial charge in [0.05, 0.1) is 5.75 Å². The molecule has 21 heavy (non-hydrogen) atoms. The predicted molar refractivity (Wildman–Crippen MR) is 83.7 cm³/mol. The summed E-state index contributed by atoms with van der Waals surface area (Å²) >= 11 is 0. The maximum atomic E-state index is 11.0. The Kier molecular flexibility index (Phi) is 3.51. The van der Waals surface area contributed by atoms with E-state index in [0.29, 0.717) is 17.4 Å². The van der Waals surface area contributed by atoms with Gasteiger partial charge in [-0.3, -0.25) is 4.55 Å². The first kappa shape index (κ1) is 15.8. The lowest BCUT2D eigenvalue weighted by molar-refractivity contribution is -0.118. The molecular weight excluding hydrogens is 286 g/mol. The molecule has 0 amide bonds. The number of nitrogens with one attached hydrogen (secondary N) is 1. The first-order chi connectivity index (χ1) is 9.51. The van der Waals surface area contributed by atoms with Gasteiger partial charge >= 0.3 is 0 Å². The van der Waals surface area contributed by atoms with Gasteiger partial charge in [-0.15, -0.1) is 0 Å². The van der Waals surface area contributed by atoms with Crippen LogP contribution in [0.15, 0.2) is 0 Å². The molecule has 2 N–H and O–H groups in total. The summed E-state index contributed by atoms with van der Waals surface area (Å²) in [6.07, 6.45) is 7.78. The number of hydrogen-bond donors (Lipinski definition) is 2. The zero-order chi connectivity index (χ0) is 15.5. The number of hydrogen-bond acceptors (Lipinski definition) is 3. The average molecular weight is 315 g/mol. The SMILES string of the molecule is CC(CNC12CC3CC(C)(CC(C)(C3)C1)C2)CS(=O)(=O)O. The zero-order valence-electron chi connectivity index (χ0n) is 13.5. The van der Waals surface area contributed by atoms with Gasteiger partial charge in [0.15, 0.2) is 0 Å². The molecule has 5 heteroatoms. The normalized spacial score (nSPS) is 46.8. The maximum Gasteiger partial charge on any atom is 0.265 e. The standard InChI is InChI=1S/C16H29NO3S/c1-12(8-21(18,19)20)7-17-16-6-13-4-14(2,10-16)9-15(3,5-13)11-16/h12-13,17H,4-11H2,1-3H3,(H,18,19,20). The average Bonchev–Trinajstić information content (AvgIpc) is 2.18. The molecule has 4 aliphatic carbocycles. The van der Waals surface area contributed by atoms with Crippen LogP contribution >= 0.6 is 0 Å². The van der Waals surface area contributed by atoms with E-state index in [4.69, 9.17) is 4.55 Å². The second-order valence-electron chi connectivity index (χ2n) is 9.15. The molecule has 4 saturated carbocycles. The maximum absolute atomic E-state index is 11.0. The minimum atomic E-state index is -3.87. The van der Waals surface area contributed by atoms with Gasteiger partial charge in [-0.1, -0.05) is 20.8 Å². The van der Waals surface area contributed by atoms with Crippen molar-refractivity contribution in [2.24, 2.45) is 22.7 Å². The fourth-order valence-electron chi connectivity index (χ4n) is 6.45. The molecule has 4 bridgehead atoms. The minimum absolute atomic E-state index is 0.0476. The molecule has 0 aliphatic heterocycles. The van der Waals surface area contributed by atoms with Crippen LogP contribution in [0.4, 0.5) is 0 Å². The summed E-state index contributed by atoms with van der Waals surface area (Å²) in [7, 11) is -3.87. The smallest absolute Gasteiger partial charge is 0.265 e. The molecule has 0 radical (unpaired) electrons. The van der Waals surface area contributed by atoms with Crippen molar-refractivity contribution in [1.29, 1.82) is 0 Å². The Morgan fingerprint density at radius 2 is 1.71 bits per heavy atom. The molecule has 0 spiro atoms. The van der Waals surface area contributed by atoms with Gasteiger partial charge in [0.1, 0.15) is 0 Å². The molecule has 0 aromatic rings. The molecule has 0 aromatic heterocycles. The van der Waals surface area contributed by atoms with Gasteiger partial charge in [0, 0.05) is 5.54 Å². The Morgan fingerprint density at radius 1 is 1.14 bits per heavy atom. The first-order valence-corrected chi connectivity index (χ1v) is 9.82. The van der Waals surface area contributed by atoms with E-state index in [9.17, 15) is 8.42 Å². The van der Waals surface area contributed by atoms with Crippen LogP contribution in [-0.2, 0) is 10.1 Å². The molecular formula is C16H29NO3S. The Bertz CT molecular complexity index is 512. The Morgan fingerprint density at radius 3 is 2.19 bits per heavy atom. The summed E-state index contributed by atoms with van der Waals surface area (Å²) in [6, 6.07) is 0. The van der Waals surface area contributed by atoms with E-state index in [0.717, 1.165) is 5.92 Å². The van der Waals surface area contributed by atoms with E-state index in [1.54, 1.807) is 0 Å². The van der Waals surface area contributed by atoms with Crippen LogP contribution in [0.1, 0.15) is 59.3 Å². The molecule has 4 aliphatic rings. The molecule has 3 unspecified atom stereocenters. The summed E-state index contributed by atoms with van der Waals surface area (Å²) in [5.74, 6) is 0.642. The number of rotatable bonds is 5. The second kappa shape index (κ2) is 4.68. The van der Waals surface area contributed by atoms with Crippen molar-refractivity contribution in [1.82, 2.24) is 5.32 Å². The van der Waals surface area contributed by atoms with Crippen LogP contribution < -0.4 is 5.32 Å². The summed E-state index contributed by atoms with van der Waals surface area (Å²) < 4.78 is 31.0. The topological polar surface area (TPSA) is 66.4 Å². The third kappa shape index (κ3) is 3.30. The van der Waals surface area contributed by atoms with Crippen LogP contribution in [0.2, 0.25) is 0 Å². The quantitative estimate of drug-likeness (QED) is 0.766. The fraction of sp³-hybridized carbons (Fsp3) is 1.00. The van der Waals surface area contributed by atoms with Gasteiger partial charge in [-0.05, 0) is 67.7 Å². The van der Waals surface area contributed by atoms with Crippen LogP contribution in [0, 0.1) is 22.7 Å². The highest BCUT2D eigenvalue weighted by Crippen LogP contribution is 2.66. The molecule has 4 nitrogen and oxygen atoms in total. The Balaban J connectivity index is 1.68. The van der Waals surface area contributed by atoms with E-state index in [-0.39, 0.29) is 17.2 Å². The third-order valence-corrected chi connectivity index (χ3v) is 6.94. The third-order valence-electron chi connectivity index (χ3n) is 5.95. The van der Waals surface area contributed by atoms with Crippen LogP contribution in [0.3, 0.4) is 0 Å². The summed E-state index contributed by atoms with van der Waals surface area (Å²) in [6.45, 7) is 7.45. The lowest BCUT2D eigenvalue weighted by Gasteiger charge is -2.65. The van der Waals surface area contributed by atoms with Gasteiger partial charge < -0.3 is 5.32 Å². The van der Waals surface area contributed by atoms with Gasteiger partial charge in [0.2, 0.25) is 0 Å². The van der Waals surface area contributed by atoms with Crippen molar-refractivity contribution in [2.75, 3.05) is 12.3 Å². The van der Waals surface area contributed by atoms with Crippen molar-refractivity contribution in [2.45, 2.75) is 64.8 Å². The highest BCUT2D eigenvalue weighted by Gasteiger charge is 2.59. The monoisotopic (exact) mass is 315 g/mol. The van der Waals surface area contributed by atoms with E-state index in [1.165, 1.54) is 38.5 Å². The van der Waals surface area contributed by atoms with Crippen LogP contribution in [0.25, 0.3) is 0 Å². The van der Waals surface area contributed by atoms with Crippen LogP contribution in [-0.4, -0.2) is 30.8 Å². The Labute approximate surface area is 128 Å². The highest BCUT2D eigenvalue weighted by atomic mass is 32.2.